The predicted molar refractivity (Wildman–Crippen MR) is 109 cm³/mol. The van der Waals surface area contributed by atoms with Crippen LogP contribution in [-0.2, 0) is 11.2 Å². The summed E-state index contributed by atoms with van der Waals surface area (Å²) < 4.78 is 0. The molecule has 3 N–H and O–H groups in total. The number of anilines is 2. The van der Waals surface area contributed by atoms with Gasteiger partial charge in [-0.3, -0.25) is 9.59 Å². The standard InChI is InChI=1S/C22H27N3O2/c1-3-4-16-6-9-18(10-7-16)24-21(26)14-23-20-13-17(8-5-15(20)2)22(27)25-19-11-12-19/h5-10,13,19,23H,3-4,11-12,14H2,1-2H3,(H,24,26)(H,25,27). The van der Waals surface area contributed by atoms with Crippen LogP contribution in [0.15, 0.2) is 42.5 Å². The van der Waals surface area contributed by atoms with E-state index in [1.54, 1.807) is 6.07 Å². The van der Waals surface area contributed by atoms with E-state index in [1.807, 2.05) is 43.3 Å². The zero-order valence-electron chi connectivity index (χ0n) is 16.0. The van der Waals surface area contributed by atoms with Crippen LogP contribution < -0.4 is 16.0 Å². The van der Waals surface area contributed by atoms with E-state index < -0.39 is 0 Å². The minimum atomic E-state index is -0.120. The molecule has 3 rings (SSSR count). The van der Waals surface area contributed by atoms with Gasteiger partial charge in [-0.15, -0.1) is 0 Å². The molecule has 2 aromatic rings. The Labute approximate surface area is 160 Å². The Balaban J connectivity index is 1.55. The normalized spacial score (nSPS) is 13.1. The van der Waals surface area contributed by atoms with E-state index in [9.17, 15) is 9.59 Å². The van der Waals surface area contributed by atoms with Crippen LogP contribution in [0.1, 0.15) is 47.7 Å². The Kier molecular flexibility index (Phi) is 6.12. The maximum Gasteiger partial charge on any atom is 0.251 e. The minimum Gasteiger partial charge on any atom is -0.376 e. The van der Waals surface area contributed by atoms with Crippen LogP contribution in [-0.4, -0.2) is 24.4 Å². The van der Waals surface area contributed by atoms with Crippen molar-refractivity contribution in [3.63, 3.8) is 0 Å². The Morgan fingerprint density at radius 1 is 1.07 bits per heavy atom. The summed E-state index contributed by atoms with van der Waals surface area (Å²) in [6, 6.07) is 13.8. The molecule has 0 aromatic heterocycles. The third-order valence-electron chi connectivity index (χ3n) is 4.63. The Hall–Kier alpha value is -2.82. The Morgan fingerprint density at radius 2 is 1.81 bits per heavy atom. The summed E-state index contributed by atoms with van der Waals surface area (Å²) >= 11 is 0. The van der Waals surface area contributed by atoms with Crippen LogP contribution >= 0.6 is 0 Å². The first-order valence-corrected chi connectivity index (χ1v) is 9.59. The van der Waals surface area contributed by atoms with Gasteiger partial charge < -0.3 is 16.0 Å². The lowest BCUT2D eigenvalue weighted by atomic mass is 10.1. The molecule has 1 saturated carbocycles. The number of hydrogen-bond acceptors (Lipinski definition) is 3. The zero-order valence-corrected chi connectivity index (χ0v) is 16.0. The molecular formula is C22H27N3O2. The highest BCUT2D eigenvalue weighted by molar-refractivity contribution is 5.96. The average molecular weight is 365 g/mol. The molecule has 0 atom stereocenters. The lowest BCUT2D eigenvalue weighted by Gasteiger charge is -2.12. The number of aryl methyl sites for hydroxylation is 2. The van der Waals surface area contributed by atoms with E-state index in [0.717, 1.165) is 42.6 Å². The molecule has 27 heavy (non-hydrogen) atoms. The molecule has 0 unspecified atom stereocenters. The second kappa shape index (κ2) is 8.71. The summed E-state index contributed by atoms with van der Waals surface area (Å²) in [5.74, 6) is -0.178. The van der Waals surface area contributed by atoms with Crippen molar-refractivity contribution in [2.45, 2.75) is 45.6 Å². The van der Waals surface area contributed by atoms with Crippen LogP contribution in [0.25, 0.3) is 0 Å². The van der Waals surface area contributed by atoms with Gasteiger partial charge in [0.2, 0.25) is 5.91 Å². The largest absolute Gasteiger partial charge is 0.376 e. The molecule has 1 aliphatic carbocycles. The quantitative estimate of drug-likeness (QED) is 0.665. The molecule has 0 saturated heterocycles. The highest BCUT2D eigenvalue weighted by Gasteiger charge is 2.23. The van der Waals surface area contributed by atoms with E-state index >= 15 is 0 Å². The van der Waals surface area contributed by atoms with Crippen LogP contribution in [0.4, 0.5) is 11.4 Å². The fourth-order valence-electron chi connectivity index (χ4n) is 2.87. The minimum absolute atomic E-state index is 0.0582. The summed E-state index contributed by atoms with van der Waals surface area (Å²) in [5, 5.41) is 9.01. The molecule has 1 aliphatic rings. The highest BCUT2D eigenvalue weighted by Crippen LogP contribution is 2.21. The Morgan fingerprint density at radius 3 is 2.48 bits per heavy atom. The van der Waals surface area contributed by atoms with E-state index in [1.165, 1.54) is 5.56 Å². The SMILES string of the molecule is CCCc1ccc(NC(=O)CNc2cc(C(=O)NC3CC3)ccc2C)cc1. The summed E-state index contributed by atoms with van der Waals surface area (Å²) in [5.41, 5.74) is 4.46. The van der Waals surface area contributed by atoms with Crippen molar-refractivity contribution in [2.24, 2.45) is 0 Å². The van der Waals surface area contributed by atoms with Crippen molar-refractivity contribution in [1.29, 1.82) is 0 Å². The van der Waals surface area contributed by atoms with Crippen LogP contribution in [0, 0.1) is 6.92 Å². The first kappa shape index (κ1) is 19.0. The number of hydrogen-bond donors (Lipinski definition) is 3. The molecule has 5 heteroatoms. The number of rotatable bonds is 8. The van der Waals surface area contributed by atoms with Gasteiger partial charge in [-0.2, -0.15) is 0 Å². The van der Waals surface area contributed by atoms with Gasteiger partial charge in [0, 0.05) is 23.0 Å². The van der Waals surface area contributed by atoms with Crippen molar-refractivity contribution in [3.8, 4) is 0 Å². The van der Waals surface area contributed by atoms with Crippen LogP contribution in [0.2, 0.25) is 0 Å². The fourth-order valence-corrected chi connectivity index (χ4v) is 2.87. The first-order chi connectivity index (χ1) is 13.0. The van der Waals surface area contributed by atoms with Gasteiger partial charge in [-0.25, -0.2) is 0 Å². The predicted octanol–water partition coefficient (Wildman–Crippen LogP) is 3.89. The maximum atomic E-state index is 12.2. The lowest BCUT2D eigenvalue weighted by molar-refractivity contribution is -0.114. The molecule has 2 aromatic carbocycles. The molecule has 0 heterocycles. The van der Waals surface area contributed by atoms with Crippen molar-refractivity contribution in [2.75, 3.05) is 17.2 Å². The van der Waals surface area contributed by atoms with E-state index in [2.05, 4.69) is 22.9 Å². The first-order valence-electron chi connectivity index (χ1n) is 9.59. The van der Waals surface area contributed by atoms with E-state index in [-0.39, 0.29) is 18.4 Å². The number of carbonyl (C=O) groups is 2. The van der Waals surface area contributed by atoms with Gasteiger partial charge in [0.05, 0.1) is 6.54 Å². The van der Waals surface area contributed by atoms with Gasteiger partial charge in [0.25, 0.3) is 5.91 Å². The van der Waals surface area contributed by atoms with Gasteiger partial charge in [0.1, 0.15) is 0 Å². The lowest BCUT2D eigenvalue weighted by Crippen LogP contribution is -2.26. The smallest absolute Gasteiger partial charge is 0.251 e. The molecule has 142 valence electrons. The third kappa shape index (κ3) is 5.58. The summed E-state index contributed by atoms with van der Waals surface area (Å²) in [6.45, 7) is 4.24. The second-order valence-corrected chi connectivity index (χ2v) is 7.13. The monoisotopic (exact) mass is 365 g/mol. The molecular weight excluding hydrogens is 338 g/mol. The summed E-state index contributed by atoms with van der Waals surface area (Å²) in [7, 11) is 0. The van der Waals surface area contributed by atoms with Crippen molar-refractivity contribution >= 4 is 23.2 Å². The van der Waals surface area contributed by atoms with Crippen molar-refractivity contribution in [3.05, 3.63) is 59.2 Å². The topological polar surface area (TPSA) is 70.2 Å². The zero-order chi connectivity index (χ0) is 19.2. The number of carbonyl (C=O) groups excluding carboxylic acids is 2. The number of nitrogens with one attached hydrogen (secondary N) is 3. The summed E-state index contributed by atoms with van der Waals surface area (Å²) in [4.78, 5) is 24.4. The number of benzene rings is 2. The average Bonchev–Trinajstić information content (AvgIpc) is 3.47. The molecule has 0 bridgehead atoms. The van der Waals surface area contributed by atoms with Crippen molar-refractivity contribution < 1.29 is 9.59 Å². The molecule has 1 fully saturated rings. The Bertz CT molecular complexity index is 811. The summed E-state index contributed by atoms with van der Waals surface area (Å²) in [6.07, 6.45) is 4.26. The molecule has 0 radical (unpaired) electrons. The fraction of sp³-hybridized carbons (Fsp3) is 0.364. The van der Waals surface area contributed by atoms with E-state index in [0.29, 0.717) is 11.6 Å². The third-order valence-corrected chi connectivity index (χ3v) is 4.63. The number of amides is 2. The van der Waals surface area contributed by atoms with Gasteiger partial charge in [-0.05, 0) is 61.6 Å². The van der Waals surface area contributed by atoms with Crippen LogP contribution in [0.3, 0.4) is 0 Å². The van der Waals surface area contributed by atoms with Gasteiger partial charge in [-0.1, -0.05) is 31.5 Å². The van der Waals surface area contributed by atoms with Gasteiger partial charge in [0.15, 0.2) is 0 Å². The molecule has 0 aliphatic heterocycles. The molecule has 2 amide bonds. The van der Waals surface area contributed by atoms with Crippen LogP contribution in [0.5, 0.6) is 0 Å². The van der Waals surface area contributed by atoms with Gasteiger partial charge >= 0.3 is 0 Å². The van der Waals surface area contributed by atoms with Crippen molar-refractivity contribution in [1.82, 2.24) is 5.32 Å². The second-order valence-electron chi connectivity index (χ2n) is 7.13. The maximum absolute atomic E-state index is 12.2. The molecule has 5 nitrogen and oxygen atoms in total. The van der Waals surface area contributed by atoms with E-state index in [4.69, 9.17) is 0 Å². The highest BCUT2D eigenvalue weighted by atomic mass is 16.2. The molecule has 0 spiro atoms.